The number of aryl methyl sites for hydroxylation is 1. The Hall–Kier alpha value is -1.23. The van der Waals surface area contributed by atoms with Crippen LogP contribution in [0.2, 0.25) is 0 Å². The molecule has 0 atom stereocenters. The van der Waals surface area contributed by atoms with E-state index >= 15 is 0 Å². The molecule has 0 aliphatic carbocycles. The van der Waals surface area contributed by atoms with Crippen LogP contribution in [-0.2, 0) is 17.8 Å². The van der Waals surface area contributed by atoms with Crippen molar-refractivity contribution in [3.05, 3.63) is 11.9 Å². The van der Waals surface area contributed by atoms with Gasteiger partial charge in [0.25, 0.3) is 0 Å². The van der Waals surface area contributed by atoms with Crippen molar-refractivity contribution in [1.29, 1.82) is 0 Å². The summed E-state index contributed by atoms with van der Waals surface area (Å²) in [5.41, 5.74) is 0.987. The normalized spacial score (nSPS) is 9.81. The minimum Gasteiger partial charge on any atom is -0.304 e. The van der Waals surface area contributed by atoms with Crippen LogP contribution in [0.25, 0.3) is 0 Å². The molecule has 0 saturated heterocycles. The van der Waals surface area contributed by atoms with E-state index in [1.165, 1.54) is 0 Å². The highest BCUT2D eigenvalue weighted by Gasteiger charge is 2.06. The largest absolute Gasteiger partial charge is 0.304 e. The van der Waals surface area contributed by atoms with Crippen LogP contribution < -0.4 is 0 Å². The van der Waals surface area contributed by atoms with Crippen molar-refractivity contribution in [2.45, 2.75) is 73.9 Å². The number of ketones is 1. The van der Waals surface area contributed by atoms with E-state index in [-0.39, 0.29) is 5.78 Å². The molecule has 0 fully saturated rings. The molecule has 1 heterocycles. The summed E-state index contributed by atoms with van der Waals surface area (Å²) in [7, 11) is 2.10. The van der Waals surface area contributed by atoms with E-state index in [9.17, 15) is 4.79 Å². The van der Waals surface area contributed by atoms with Crippen LogP contribution in [0.15, 0.2) is 6.20 Å². The molecule has 21 heavy (non-hydrogen) atoms. The molecule has 1 aromatic rings. The monoisotopic (exact) mass is 298 g/mol. The summed E-state index contributed by atoms with van der Waals surface area (Å²) in [6, 6.07) is 0.544. The van der Waals surface area contributed by atoms with Gasteiger partial charge in [0.1, 0.15) is 5.78 Å². The third-order valence-corrected chi connectivity index (χ3v) is 2.88. The number of nitrogens with zero attached hydrogens (tertiary/aromatic N) is 4. The Morgan fingerprint density at radius 1 is 1.29 bits per heavy atom. The number of carbonyl (C=O) groups is 1. The number of aromatic nitrogens is 3. The van der Waals surface area contributed by atoms with Crippen molar-refractivity contribution >= 4 is 5.78 Å². The van der Waals surface area contributed by atoms with Crippen LogP contribution in [-0.4, -0.2) is 45.3 Å². The molecule has 5 heteroatoms. The number of Topliss-reactive ketones (excluding diaryl/α,β-unsaturated/α-hetero) is 1. The highest BCUT2D eigenvalue weighted by Crippen LogP contribution is 2.00. The lowest BCUT2D eigenvalue weighted by molar-refractivity contribution is -0.117. The molecule has 0 N–H and O–H groups in total. The van der Waals surface area contributed by atoms with E-state index in [0.717, 1.165) is 18.7 Å². The predicted molar refractivity (Wildman–Crippen MR) is 89.5 cm³/mol. The van der Waals surface area contributed by atoms with Crippen LogP contribution in [0, 0.1) is 0 Å². The quantitative estimate of drug-likeness (QED) is 0.775. The van der Waals surface area contributed by atoms with E-state index in [4.69, 9.17) is 0 Å². The molecule has 1 rings (SSSR count). The van der Waals surface area contributed by atoms with Gasteiger partial charge in [-0.05, 0) is 27.8 Å². The van der Waals surface area contributed by atoms with Gasteiger partial charge in [0.05, 0.1) is 5.69 Å². The summed E-state index contributed by atoms with van der Waals surface area (Å²) < 4.78 is 1.74. The second-order valence-electron chi connectivity index (χ2n) is 4.75. The SMILES string of the molecule is CC.CC.CC(=O)CCn1cc(CCN(C)C(C)C)nn1. The molecular formula is C16H34N4O. The zero-order chi connectivity index (χ0) is 16.8. The molecule has 0 unspecified atom stereocenters. The Morgan fingerprint density at radius 3 is 2.33 bits per heavy atom. The molecule has 0 aromatic carbocycles. The number of likely N-dealkylation sites (N-methyl/N-ethyl adjacent to an activating group) is 1. The average molecular weight is 298 g/mol. The summed E-state index contributed by atoms with van der Waals surface area (Å²) in [5.74, 6) is 0.182. The van der Waals surface area contributed by atoms with Crippen molar-refractivity contribution in [1.82, 2.24) is 19.9 Å². The summed E-state index contributed by atoms with van der Waals surface area (Å²) in [6.45, 7) is 15.5. The fourth-order valence-corrected chi connectivity index (χ4v) is 1.38. The van der Waals surface area contributed by atoms with Crippen molar-refractivity contribution in [3.8, 4) is 0 Å². The molecule has 1 aromatic heterocycles. The lowest BCUT2D eigenvalue weighted by Gasteiger charge is -2.19. The Balaban J connectivity index is 0. The molecule has 0 aliphatic rings. The summed E-state index contributed by atoms with van der Waals surface area (Å²) in [5, 5.41) is 8.11. The van der Waals surface area contributed by atoms with E-state index in [1.54, 1.807) is 11.6 Å². The van der Waals surface area contributed by atoms with Crippen molar-refractivity contribution in [2.24, 2.45) is 0 Å². The first-order valence-electron chi connectivity index (χ1n) is 8.07. The van der Waals surface area contributed by atoms with Crippen LogP contribution in [0.5, 0.6) is 0 Å². The summed E-state index contributed by atoms with van der Waals surface area (Å²) in [6.07, 6.45) is 3.35. The number of hydrogen-bond acceptors (Lipinski definition) is 4. The molecule has 0 bridgehead atoms. The van der Waals surface area contributed by atoms with Crippen molar-refractivity contribution < 1.29 is 4.79 Å². The molecular weight excluding hydrogens is 264 g/mol. The van der Waals surface area contributed by atoms with Gasteiger partial charge >= 0.3 is 0 Å². The molecule has 0 saturated carbocycles. The Bertz CT molecular complexity index is 361. The third kappa shape index (κ3) is 11.1. The van der Waals surface area contributed by atoms with Crippen LogP contribution in [0.4, 0.5) is 0 Å². The first kappa shape index (κ1) is 22.1. The first-order chi connectivity index (χ1) is 9.99. The summed E-state index contributed by atoms with van der Waals surface area (Å²) >= 11 is 0. The lowest BCUT2D eigenvalue weighted by Crippen LogP contribution is -2.28. The van der Waals surface area contributed by atoms with Gasteiger partial charge in [-0.3, -0.25) is 9.48 Å². The highest BCUT2D eigenvalue weighted by molar-refractivity contribution is 5.75. The Labute approximate surface area is 130 Å². The maximum atomic E-state index is 10.8. The Kier molecular flexibility index (Phi) is 14.4. The molecule has 0 spiro atoms. The smallest absolute Gasteiger partial charge is 0.131 e. The van der Waals surface area contributed by atoms with Gasteiger partial charge in [0.15, 0.2) is 0 Å². The molecule has 0 aliphatic heterocycles. The molecule has 0 radical (unpaired) electrons. The van der Waals surface area contributed by atoms with Crippen molar-refractivity contribution in [2.75, 3.05) is 13.6 Å². The summed E-state index contributed by atoms with van der Waals surface area (Å²) in [4.78, 5) is 13.1. The van der Waals surface area contributed by atoms with Gasteiger partial charge in [-0.2, -0.15) is 0 Å². The number of hydrogen-bond donors (Lipinski definition) is 0. The second kappa shape index (κ2) is 13.7. The van der Waals surface area contributed by atoms with Crippen molar-refractivity contribution in [3.63, 3.8) is 0 Å². The predicted octanol–water partition coefficient (Wildman–Crippen LogP) is 3.19. The zero-order valence-electron chi connectivity index (χ0n) is 15.2. The van der Waals surface area contributed by atoms with E-state index < -0.39 is 0 Å². The van der Waals surface area contributed by atoms with Gasteiger partial charge < -0.3 is 4.90 Å². The second-order valence-corrected chi connectivity index (χ2v) is 4.75. The van der Waals surface area contributed by atoms with Gasteiger partial charge in [0.2, 0.25) is 0 Å². The highest BCUT2D eigenvalue weighted by atomic mass is 16.1. The van der Waals surface area contributed by atoms with E-state index in [1.807, 2.05) is 33.9 Å². The number of rotatable bonds is 7. The van der Waals surface area contributed by atoms with Crippen LogP contribution in [0.1, 0.15) is 60.6 Å². The zero-order valence-corrected chi connectivity index (χ0v) is 15.2. The standard InChI is InChI=1S/C12H22N4O.2C2H6/c1-10(2)15(4)7-6-12-9-16(14-13-12)8-5-11(3)17;2*1-2/h9-10H,5-8H2,1-4H3;2*1-2H3. The van der Waals surface area contributed by atoms with Gasteiger partial charge in [-0.1, -0.05) is 32.9 Å². The van der Waals surface area contributed by atoms with Gasteiger partial charge in [0, 0.05) is 38.2 Å². The van der Waals surface area contributed by atoms with E-state index in [0.29, 0.717) is 19.0 Å². The number of carbonyl (C=O) groups excluding carboxylic acids is 1. The minimum atomic E-state index is 0.182. The average Bonchev–Trinajstić information content (AvgIpc) is 2.94. The minimum absolute atomic E-state index is 0.182. The van der Waals surface area contributed by atoms with E-state index in [2.05, 4.69) is 36.1 Å². The first-order valence-corrected chi connectivity index (χ1v) is 8.07. The fraction of sp³-hybridized carbons (Fsp3) is 0.812. The molecule has 5 nitrogen and oxygen atoms in total. The molecule has 124 valence electrons. The lowest BCUT2D eigenvalue weighted by atomic mass is 10.2. The topological polar surface area (TPSA) is 51.0 Å². The Morgan fingerprint density at radius 2 is 1.86 bits per heavy atom. The maximum absolute atomic E-state index is 10.8. The molecule has 0 amide bonds. The van der Waals surface area contributed by atoms with Gasteiger partial charge in [-0.15, -0.1) is 5.10 Å². The maximum Gasteiger partial charge on any atom is 0.131 e. The third-order valence-electron chi connectivity index (χ3n) is 2.88. The van der Waals surface area contributed by atoms with Crippen LogP contribution in [0.3, 0.4) is 0 Å². The van der Waals surface area contributed by atoms with Crippen LogP contribution >= 0.6 is 0 Å². The van der Waals surface area contributed by atoms with Gasteiger partial charge in [-0.25, -0.2) is 0 Å². The fourth-order valence-electron chi connectivity index (χ4n) is 1.38.